The zero-order valence-electron chi connectivity index (χ0n) is 13.7. The quantitative estimate of drug-likeness (QED) is 0.759. The molecule has 0 aromatic heterocycles. The number of nitrogens with zero attached hydrogens (tertiary/aromatic N) is 1. The first kappa shape index (κ1) is 17.0. The Hall–Kier alpha value is -1.79. The molecule has 0 unspecified atom stereocenters. The van der Waals surface area contributed by atoms with E-state index in [1.807, 2.05) is 32.0 Å². The fourth-order valence-electron chi connectivity index (χ4n) is 2.69. The molecule has 0 N–H and O–H groups in total. The summed E-state index contributed by atoms with van der Waals surface area (Å²) in [4.78, 5) is 0.287. The number of ether oxygens (including phenoxy) is 1. The summed E-state index contributed by atoms with van der Waals surface area (Å²) < 4.78 is 33.8. The average molecular weight is 408 g/mol. The number of aryl methyl sites for hydroxylation is 1. The largest absolute Gasteiger partial charge is 0.497 e. The Labute approximate surface area is 150 Å². The van der Waals surface area contributed by atoms with Gasteiger partial charge in [-0.1, -0.05) is 33.6 Å². The lowest BCUT2D eigenvalue weighted by atomic mass is 10.0. The first-order valence-corrected chi connectivity index (χ1v) is 9.71. The van der Waals surface area contributed by atoms with Gasteiger partial charge in [0.15, 0.2) is 0 Å². The van der Waals surface area contributed by atoms with Crippen LogP contribution in [0.25, 0.3) is 5.57 Å². The normalized spacial score (nSPS) is 14.6. The number of rotatable bonds is 3. The minimum Gasteiger partial charge on any atom is -0.497 e. The van der Waals surface area contributed by atoms with Gasteiger partial charge in [-0.25, -0.2) is 8.42 Å². The van der Waals surface area contributed by atoms with Crippen LogP contribution in [0.5, 0.6) is 5.75 Å². The fourth-order valence-corrected chi connectivity index (χ4v) is 4.77. The molecule has 0 amide bonds. The minimum atomic E-state index is -3.64. The van der Waals surface area contributed by atoms with E-state index in [1.54, 1.807) is 31.4 Å². The molecular formula is C18H18BrNO3S. The summed E-state index contributed by atoms with van der Waals surface area (Å²) in [7, 11) is -2.04. The first-order chi connectivity index (χ1) is 11.3. The third-order valence-corrected chi connectivity index (χ3v) is 6.79. The second kappa shape index (κ2) is 6.26. The SMILES string of the molecule is COc1ccc2c(c1)C(C)=C(Br)CN2S(=O)(=O)c1ccc(C)cc1. The van der Waals surface area contributed by atoms with Crippen LogP contribution in [0.2, 0.25) is 0 Å². The van der Waals surface area contributed by atoms with Crippen LogP contribution in [0.1, 0.15) is 18.1 Å². The topological polar surface area (TPSA) is 46.6 Å². The van der Waals surface area contributed by atoms with Crippen molar-refractivity contribution in [3.63, 3.8) is 0 Å². The highest BCUT2D eigenvalue weighted by Gasteiger charge is 2.31. The number of benzene rings is 2. The summed E-state index contributed by atoms with van der Waals surface area (Å²) in [6.45, 7) is 4.18. The van der Waals surface area contributed by atoms with Crippen LogP contribution in [0, 0.1) is 6.92 Å². The number of halogens is 1. The maximum absolute atomic E-state index is 13.1. The predicted molar refractivity (Wildman–Crippen MR) is 100 cm³/mol. The molecule has 126 valence electrons. The van der Waals surface area contributed by atoms with Crippen LogP contribution in [0.3, 0.4) is 0 Å². The van der Waals surface area contributed by atoms with Crippen molar-refractivity contribution in [2.45, 2.75) is 18.7 Å². The maximum atomic E-state index is 13.1. The molecule has 24 heavy (non-hydrogen) atoms. The Morgan fingerprint density at radius 2 is 1.75 bits per heavy atom. The Morgan fingerprint density at radius 1 is 1.08 bits per heavy atom. The molecule has 2 aromatic rings. The van der Waals surface area contributed by atoms with Gasteiger partial charge < -0.3 is 4.74 Å². The molecule has 0 aliphatic carbocycles. The minimum absolute atomic E-state index is 0.279. The van der Waals surface area contributed by atoms with Crippen LogP contribution < -0.4 is 9.04 Å². The van der Waals surface area contributed by atoms with Crippen molar-refractivity contribution in [2.75, 3.05) is 18.0 Å². The van der Waals surface area contributed by atoms with E-state index in [1.165, 1.54) is 4.31 Å². The van der Waals surface area contributed by atoms with Gasteiger partial charge in [0, 0.05) is 10.0 Å². The van der Waals surface area contributed by atoms with Crippen LogP contribution in [-0.4, -0.2) is 22.1 Å². The zero-order chi connectivity index (χ0) is 17.5. The fraction of sp³-hybridized carbons (Fsp3) is 0.222. The highest BCUT2D eigenvalue weighted by atomic mass is 79.9. The zero-order valence-corrected chi connectivity index (χ0v) is 16.1. The molecule has 1 heterocycles. The number of methoxy groups -OCH3 is 1. The summed E-state index contributed by atoms with van der Waals surface area (Å²) in [5.41, 5.74) is 3.55. The predicted octanol–water partition coefficient (Wildman–Crippen LogP) is 4.34. The standard InChI is InChI=1S/C18H18BrNO3S/c1-12-4-7-15(8-5-12)24(21,22)20-11-17(19)13(2)16-10-14(23-3)6-9-18(16)20/h4-10H,11H2,1-3H3. The average Bonchev–Trinajstić information content (AvgIpc) is 2.58. The van der Waals surface area contributed by atoms with E-state index in [2.05, 4.69) is 15.9 Å². The summed E-state index contributed by atoms with van der Waals surface area (Å²) in [5, 5.41) is 0. The lowest BCUT2D eigenvalue weighted by molar-refractivity contribution is 0.414. The van der Waals surface area contributed by atoms with Gasteiger partial charge >= 0.3 is 0 Å². The van der Waals surface area contributed by atoms with Crippen LogP contribution >= 0.6 is 15.9 Å². The summed E-state index contributed by atoms with van der Waals surface area (Å²) in [6.07, 6.45) is 0. The van der Waals surface area contributed by atoms with E-state index in [0.717, 1.165) is 21.2 Å². The molecule has 0 fully saturated rings. The van der Waals surface area contributed by atoms with Gasteiger partial charge in [0.1, 0.15) is 5.75 Å². The Balaban J connectivity index is 2.15. The van der Waals surface area contributed by atoms with Crippen molar-refractivity contribution in [1.82, 2.24) is 0 Å². The van der Waals surface area contributed by atoms with Crippen molar-refractivity contribution >= 4 is 37.2 Å². The van der Waals surface area contributed by atoms with E-state index < -0.39 is 10.0 Å². The van der Waals surface area contributed by atoms with E-state index in [9.17, 15) is 8.42 Å². The lowest BCUT2D eigenvalue weighted by Gasteiger charge is -2.31. The molecule has 2 aromatic carbocycles. The summed E-state index contributed by atoms with van der Waals surface area (Å²) in [6, 6.07) is 12.3. The molecule has 0 spiro atoms. The van der Waals surface area contributed by atoms with Crippen molar-refractivity contribution in [3.8, 4) is 5.75 Å². The van der Waals surface area contributed by atoms with Gasteiger partial charge in [-0.05, 0) is 49.8 Å². The molecule has 0 bridgehead atoms. The van der Waals surface area contributed by atoms with E-state index in [-0.39, 0.29) is 11.4 Å². The molecule has 0 atom stereocenters. The van der Waals surface area contributed by atoms with Crippen LogP contribution in [0.4, 0.5) is 5.69 Å². The molecule has 6 heteroatoms. The van der Waals surface area contributed by atoms with Crippen molar-refractivity contribution in [2.24, 2.45) is 0 Å². The molecule has 3 rings (SSSR count). The highest BCUT2D eigenvalue weighted by Crippen LogP contribution is 2.41. The third kappa shape index (κ3) is 2.84. The van der Waals surface area contributed by atoms with Gasteiger partial charge in [-0.15, -0.1) is 0 Å². The Kier molecular flexibility index (Phi) is 4.44. The van der Waals surface area contributed by atoms with Crippen LogP contribution in [0.15, 0.2) is 51.8 Å². The van der Waals surface area contributed by atoms with Gasteiger partial charge in [0.25, 0.3) is 10.0 Å². The van der Waals surface area contributed by atoms with Gasteiger partial charge in [0.05, 0.1) is 24.2 Å². The second-order valence-corrected chi connectivity index (χ2v) is 8.56. The smallest absolute Gasteiger partial charge is 0.264 e. The molecule has 0 saturated carbocycles. The summed E-state index contributed by atoms with van der Waals surface area (Å²) >= 11 is 3.52. The van der Waals surface area contributed by atoms with Gasteiger partial charge in [-0.3, -0.25) is 4.31 Å². The molecule has 1 aliphatic heterocycles. The van der Waals surface area contributed by atoms with Crippen molar-refractivity contribution in [3.05, 3.63) is 58.1 Å². The van der Waals surface area contributed by atoms with E-state index in [0.29, 0.717) is 11.4 Å². The monoisotopic (exact) mass is 407 g/mol. The number of sulfonamides is 1. The van der Waals surface area contributed by atoms with E-state index >= 15 is 0 Å². The number of fused-ring (bicyclic) bond motifs is 1. The number of anilines is 1. The van der Waals surface area contributed by atoms with Crippen molar-refractivity contribution < 1.29 is 13.2 Å². The number of hydrogen-bond donors (Lipinski definition) is 0. The van der Waals surface area contributed by atoms with Crippen molar-refractivity contribution in [1.29, 1.82) is 0 Å². The molecule has 0 saturated heterocycles. The first-order valence-electron chi connectivity index (χ1n) is 7.47. The maximum Gasteiger partial charge on any atom is 0.264 e. The summed E-state index contributed by atoms with van der Waals surface area (Å²) in [5.74, 6) is 0.697. The Morgan fingerprint density at radius 3 is 2.38 bits per heavy atom. The van der Waals surface area contributed by atoms with Gasteiger partial charge in [0.2, 0.25) is 0 Å². The molecule has 0 radical (unpaired) electrons. The molecule has 4 nitrogen and oxygen atoms in total. The highest BCUT2D eigenvalue weighted by molar-refractivity contribution is 9.11. The second-order valence-electron chi connectivity index (χ2n) is 5.74. The van der Waals surface area contributed by atoms with Gasteiger partial charge in [-0.2, -0.15) is 0 Å². The molecular weight excluding hydrogens is 390 g/mol. The Bertz CT molecular complexity index is 918. The molecule has 1 aliphatic rings. The van der Waals surface area contributed by atoms with Crippen LogP contribution in [-0.2, 0) is 10.0 Å². The lowest BCUT2D eigenvalue weighted by Crippen LogP contribution is -2.35. The van der Waals surface area contributed by atoms with E-state index in [4.69, 9.17) is 4.74 Å². The number of allylic oxidation sites excluding steroid dienone is 1. The number of hydrogen-bond acceptors (Lipinski definition) is 3. The third-order valence-electron chi connectivity index (χ3n) is 4.17.